The molecule has 2 aromatic heterocycles. The van der Waals surface area contributed by atoms with Gasteiger partial charge in [0.1, 0.15) is 5.52 Å². The molecule has 6 heteroatoms. The lowest BCUT2D eigenvalue weighted by atomic mass is 10.0. The molecule has 3 aromatic rings. The third-order valence-corrected chi connectivity index (χ3v) is 3.96. The Bertz CT molecular complexity index is 971. The molecule has 0 fully saturated rings. The van der Waals surface area contributed by atoms with Crippen LogP contribution in [0.2, 0.25) is 0 Å². The van der Waals surface area contributed by atoms with Crippen molar-refractivity contribution < 1.29 is 9.18 Å². The maximum absolute atomic E-state index is 14.2. The molecular weight excluding hydrogens is 309 g/mol. The van der Waals surface area contributed by atoms with E-state index in [4.69, 9.17) is 0 Å². The molecule has 5 nitrogen and oxygen atoms in total. The van der Waals surface area contributed by atoms with Crippen molar-refractivity contribution in [3.63, 3.8) is 0 Å². The predicted molar refractivity (Wildman–Crippen MR) is 88.9 cm³/mol. The first-order valence-corrected chi connectivity index (χ1v) is 7.77. The van der Waals surface area contributed by atoms with E-state index in [2.05, 4.69) is 5.10 Å². The molecule has 0 amide bonds. The number of benzene rings is 1. The molecule has 1 aromatic carbocycles. The van der Waals surface area contributed by atoms with Gasteiger partial charge >= 0.3 is 5.69 Å². The molecule has 0 saturated carbocycles. The van der Waals surface area contributed by atoms with Crippen molar-refractivity contribution in [1.29, 1.82) is 0 Å². The maximum atomic E-state index is 14.2. The number of aromatic nitrogens is 3. The van der Waals surface area contributed by atoms with Gasteiger partial charge in [-0.3, -0.25) is 9.36 Å². The fourth-order valence-corrected chi connectivity index (χ4v) is 2.64. The molecule has 24 heavy (non-hydrogen) atoms. The molecule has 0 saturated heterocycles. The molecule has 0 radical (unpaired) electrons. The quantitative estimate of drug-likeness (QED) is 0.692. The Morgan fingerprint density at radius 1 is 1.25 bits per heavy atom. The van der Waals surface area contributed by atoms with Crippen LogP contribution in [0.1, 0.15) is 35.6 Å². The fourth-order valence-electron chi connectivity index (χ4n) is 2.64. The Kier molecular flexibility index (Phi) is 4.05. The summed E-state index contributed by atoms with van der Waals surface area (Å²) in [4.78, 5) is 25.3. The second kappa shape index (κ2) is 6.03. The van der Waals surface area contributed by atoms with Gasteiger partial charge in [0.25, 0.3) is 0 Å². The van der Waals surface area contributed by atoms with Crippen LogP contribution in [0.25, 0.3) is 5.52 Å². The highest BCUT2D eigenvalue weighted by molar-refractivity contribution is 5.96. The standard InChI is InChI=1S/C18H18FN3O2/c1-11(2)17(23)15-9-14-16(19)12(3)20-22(14)18(24)21(15)10-13-7-5-4-6-8-13/h4-9,11H,10H2,1-3H3. The van der Waals surface area contributed by atoms with Gasteiger partial charge < -0.3 is 0 Å². The zero-order valence-electron chi connectivity index (χ0n) is 13.8. The van der Waals surface area contributed by atoms with Gasteiger partial charge in [0.2, 0.25) is 0 Å². The Morgan fingerprint density at radius 2 is 1.92 bits per heavy atom. The Balaban J connectivity index is 2.28. The largest absolute Gasteiger partial charge is 0.350 e. The van der Waals surface area contributed by atoms with Crippen LogP contribution in [0, 0.1) is 18.7 Å². The van der Waals surface area contributed by atoms with Gasteiger partial charge in [-0.25, -0.2) is 9.18 Å². The average molecular weight is 327 g/mol. The topological polar surface area (TPSA) is 56.4 Å². The number of carbonyl (C=O) groups is 1. The minimum Gasteiger partial charge on any atom is -0.292 e. The molecule has 0 unspecified atom stereocenters. The molecule has 3 rings (SSSR count). The van der Waals surface area contributed by atoms with Crippen LogP contribution in [0.15, 0.2) is 41.2 Å². The molecular formula is C18H18FN3O2. The summed E-state index contributed by atoms with van der Waals surface area (Å²) in [7, 11) is 0. The highest BCUT2D eigenvalue weighted by atomic mass is 19.1. The van der Waals surface area contributed by atoms with Crippen molar-refractivity contribution in [2.45, 2.75) is 27.3 Å². The number of fused-ring (bicyclic) bond motifs is 1. The predicted octanol–water partition coefficient (Wildman–Crippen LogP) is 2.83. The second-order valence-electron chi connectivity index (χ2n) is 6.10. The molecule has 0 bridgehead atoms. The first-order chi connectivity index (χ1) is 11.4. The third-order valence-electron chi connectivity index (χ3n) is 3.96. The van der Waals surface area contributed by atoms with E-state index >= 15 is 0 Å². The van der Waals surface area contributed by atoms with E-state index in [0.29, 0.717) is 0 Å². The number of Topliss-reactive ketones (excluding diaryl/α,β-unsaturated/α-hetero) is 1. The lowest BCUT2D eigenvalue weighted by Crippen LogP contribution is -2.33. The van der Waals surface area contributed by atoms with Crippen LogP contribution >= 0.6 is 0 Å². The summed E-state index contributed by atoms with van der Waals surface area (Å²) in [5.74, 6) is -1.08. The summed E-state index contributed by atoms with van der Waals surface area (Å²) in [6.45, 7) is 5.22. The van der Waals surface area contributed by atoms with E-state index in [1.807, 2.05) is 30.3 Å². The molecule has 0 aliphatic carbocycles. The summed E-state index contributed by atoms with van der Waals surface area (Å²) < 4.78 is 16.6. The number of hydrogen-bond donors (Lipinski definition) is 0. The minimum atomic E-state index is -0.572. The zero-order chi connectivity index (χ0) is 17.4. The first-order valence-electron chi connectivity index (χ1n) is 7.77. The van der Waals surface area contributed by atoms with Crippen LogP contribution in [-0.2, 0) is 6.54 Å². The molecule has 2 heterocycles. The monoisotopic (exact) mass is 327 g/mol. The van der Waals surface area contributed by atoms with E-state index < -0.39 is 11.5 Å². The van der Waals surface area contributed by atoms with Gasteiger partial charge in [-0.1, -0.05) is 44.2 Å². The van der Waals surface area contributed by atoms with E-state index in [-0.39, 0.29) is 35.2 Å². The summed E-state index contributed by atoms with van der Waals surface area (Å²) >= 11 is 0. The van der Waals surface area contributed by atoms with E-state index in [1.54, 1.807) is 13.8 Å². The number of hydrogen-bond acceptors (Lipinski definition) is 3. The van der Waals surface area contributed by atoms with E-state index in [1.165, 1.54) is 17.6 Å². The molecule has 0 atom stereocenters. The maximum Gasteiger partial charge on any atom is 0.350 e. The lowest BCUT2D eigenvalue weighted by molar-refractivity contribution is 0.0928. The van der Waals surface area contributed by atoms with Crippen molar-refractivity contribution in [1.82, 2.24) is 14.2 Å². The number of halogens is 1. The molecule has 0 N–H and O–H groups in total. The van der Waals surface area contributed by atoms with Gasteiger partial charge in [-0.05, 0) is 18.6 Å². The smallest absolute Gasteiger partial charge is 0.292 e. The number of aryl methyl sites for hydroxylation is 1. The Hall–Kier alpha value is -2.76. The van der Waals surface area contributed by atoms with Gasteiger partial charge in [0, 0.05) is 5.92 Å². The average Bonchev–Trinajstić information content (AvgIpc) is 2.85. The summed E-state index contributed by atoms with van der Waals surface area (Å²) in [5.41, 5.74) is 0.719. The molecule has 124 valence electrons. The van der Waals surface area contributed by atoms with Crippen molar-refractivity contribution in [3.05, 3.63) is 69.7 Å². The molecule has 0 spiro atoms. The van der Waals surface area contributed by atoms with Gasteiger partial charge in [-0.15, -0.1) is 0 Å². The van der Waals surface area contributed by atoms with Crippen molar-refractivity contribution in [2.75, 3.05) is 0 Å². The van der Waals surface area contributed by atoms with Crippen molar-refractivity contribution in [2.24, 2.45) is 5.92 Å². The minimum absolute atomic E-state index is 0.0332. The van der Waals surface area contributed by atoms with Crippen LogP contribution in [0.4, 0.5) is 4.39 Å². The normalized spacial score (nSPS) is 11.4. The van der Waals surface area contributed by atoms with E-state index in [0.717, 1.165) is 10.1 Å². The van der Waals surface area contributed by atoms with E-state index in [9.17, 15) is 14.0 Å². The highest BCUT2D eigenvalue weighted by Crippen LogP contribution is 2.16. The van der Waals surface area contributed by atoms with Crippen molar-refractivity contribution >= 4 is 11.3 Å². The second-order valence-corrected chi connectivity index (χ2v) is 6.10. The van der Waals surface area contributed by atoms with Crippen LogP contribution in [0.3, 0.4) is 0 Å². The van der Waals surface area contributed by atoms with Crippen molar-refractivity contribution in [3.8, 4) is 0 Å². The summed E-state index contributed by atoms with van der Waals surface area (Å²) in [6, 6.07) is 10.8. The fraction of sp³-hybridized carbons (Fsp3) is 0.278. The molecule has 0 aliphatic rings. The number of rotatable bonds is 4. The summed E-state index contributed by atoms with van der Waals surface area (Å²) in [6.07, 6.45) is 0. The summed E-state index contributed by atoms with van der Waals surface area (Å²) in [5, 5.41) is 3.96. The number of nitrogens with zero attached hydrogens (tertiary/aromatic N) is 3. The third kappa shape index (κ3) is 2.64. The SMILES string of the molecule is Cc1nn2c(=O)n(Cc3ccccc3)c(C(=O)C(C)C)cc2c1F. The van der Waals surface area contributed by atoms with Gasteiger partial charge in [-0.2, -0.15) is 9.61 Å². The highest BCUT2D eigenvalue weighted by Gasteiger charge is 2.21. The van der Waals surface area contributed by atoms with Crippen LogP contribution in [-0.4, -0.2) is 20.0 Å². The van der Waals surface area contributed by atoms with Gasteiger partial charge in [0.15, 0.2) is 11.6 Å². The zero-order valence-corrected chi connectivity index (χ0v) is 13.8. The Labute approximate surface area is 138 Å². The number of ketones is 1. The molecule has 0 aliphatic heterocycles. The first kappa shape index (κ1) is 16.1. The number of carbonyl (C=O) groups excluding carboxylic acids is 1. The van der Waals surface area contributed by atoms with Crippen LogP contribution < -0.4 is 5.69 Å². The lowest BCUT2D eigenvalue weighted by Gasteiger charge is -2.14. The Morgan fingerprint density at radius 3 is 2.54 bits per heavy atom. The van der Waals surface area contributed by atoms with Gasteiger partial charge in [0.05, 0.1) is 17.9 Å². The van der Waals surface area contributed by atoms with Crippen LogP contribution in [0.5, 0.6) is 0 Å².